The molecule has 0 bridgehead atoms. The number of rotatable bonds is 9. The van der Waals surface area contributed by atoms with Crippen LogP contribution in [-0.4, -0.2) is 42.2 Å². The first-order valence-corrected chi connectivity index (χ1v) is 13.5. The number of nitrogens with zero attached hydrogens (tertiary/aromatic N) is 2. The topological polar surface area (TPSA) is 44.7 Å². The van der Waals surface area contributed by atoms with Gasteiger partial charge in [-0.25, -0.2) is 0 Å². The van der Waals surface area contributed by atoms with Gasteiger partial charge in [-0.15, -0.1) is 0 Å². The number of benzene rings is 2. The Morgan fingerprint density at radius 1 is 1.12 bits per heavy atom. The minimum atomic E-state index is 0.000514. The van der Waals surface area contributed by atoms with E-state index in [-0.39, 0.29) is 5.91 Å². The average Bonchev–Trinajstić information content (AvgIpc) is 2.99. The molecule has 0 saturated carbocycles. The summed E-state index contributed by atoms with van der Waals surface area (Å²) in [7, 11) is 0. The summed E-state index contributed by atoms with van der Waals surface area (Å²) >= 11 is 1.74. The van der Waals surface area contributed by atoms with Gasteiger partial charge in [-0.1, -0.05) is 63.1 Å². The summed E-state index contributed by atoms with van der Waals surface area (Å²) in [6, 6.07) is 15.2. The Morgan fingerprint density at radius 2 is 2.00 bits per heavy atom. The summed E-state index contributed by atoms with van der Waals surface area (Å²) in [5.41, 5.74) is 3.93. The van der Waals surface area contributed by atoms with E-state index in [2.05, 4.69) is 48.3 Å². The second-order valence-electron chi connectivity index (χ2n) is 9.17. The molecule has 0 spiro atoms. The fraction of sp³-hybridized carbons (Fsp3) is 0.500. The molecule has 33 heavy (non-hydrogen) atoms. The lowest BCUT2D eigenvalue weighted by atomic mass is 9.98. The lowest BCUT2D eigenvalue weighted by molar-refractivity contribution is 0.0947. The Morgan fingerprint density at radius 3 is 2.85 bits per heavy atom. The molecule has 1 saturated heterocycles. The Labute approximate surface area is 203 Å². The van der Waals surface area contributed by atoms with Crippen LogP contribution >= 0.6 is 11.8 Å². The molecule has 4 nitrogen and oxygen atoms in total. The van der Waals surface area contributed by atoms with E-state index in [0.29, 0.717) is 5.56 Å². The zero-order chi connectivity index (χ0) is 23.0. The molecular formula is C28H37N3OS. The van der Waals surface area contributed by atoms with Gasteiger partial charge >= 0.3 is 0 Å². The van der Waals surface area contributed by atoms with Crippen LogP contribution in [0.4, 0.5) is 5.69 Å². The normalized spacial score (nSPS) is 18.1. The highest BCUT2D eigenvalue weighted by molar-refractivity contribution is 7.99. The molecule has 2 aromatic rings. The van der Waals surface area contributed by atoms with Crippen LogP contribution in [-0.2, 0) is 0 Å². The van der Waals surface area contributed by atoms with E-state index < -0.39 is 0 Å². The molecule has 2 heterocycles. The maximum Gasteiger partial charge on any atom is 0.251 e. The van der Waals surface area contributed by atoms with Crippen LogP contribution in [0.2, 0.25) is 0 Å². The summed E-state index contributed by atoms with van der Waals surface area (Å²) in [6.45, 7) is 7.47. The van der Waals surface area contributed by atoms with Gasteiger partial charge < -0.3 is 10.2 Å². The molecule has 5 heteroatoms. The van der Waals surface area contributed by atoms with Crippen molar-refractivity contribution in [2.45, 2.75) is 81.0 Å². The molecule has 1 atom stereocenters. The third-order valence-electron chi connectivity index (χ3n) is 6.66. The molecule has 1 unspecified atom stereocenters. The lowest BCUT2D eigenvalue weighted by Gasteiger charge is -2.35. The number of fused-ring (bicyclic) bond motifs is 2. The van der Waals surface area contributed by atoms with Gasteiger partial charge in [0.25, 0.3) is 5.91 Å². The van der Waals surface area contributed by atoms with Crippen molar-refractivity contribution < 1.29 is 4.79 Å². The molecular weight excluding hydrogens is 426 g/mol. The molecule has 2 aliphatic rings. The lowest BCUT2D eigenvalue weighted by Crippen LogP contribution is -2.41. The van der Waals surface area contributed by atoms with Gasteiger partial charge in [-0.3, -0.25) is 9.79 Å². The number of amides is 1. The number of aliphatic imine (C=N–C) groups is 1. The van der Waals surface area contributed by atoms with E-state index in [4.69, 9.17) is 4.99 Å². The second kappa shape index (κ2) is 11.8. The molecule has 176 valence electrons. The number of likely N-dealkylation sites (tertiary alicyclic amines) is 1. The Balaban J connectivity index is 1.39. The van der Waals surface area contributed by atoms with Gasteiger partial charge in [0, 0.05) is 45.8 Å². The van der Waals surface area contributed by atoms with Crippen molar-refractivity contribution in [3.8, 4) is 0 Å². The number of carbonyl (C=O) groups excluding carboxylic acids is 1. The van der Waals surface area contributed by atoms with E-state index in [0.717, 1.165) is 54.7 Å². The molecule has 0 aliphatic carbocycles. The third-order valence-corrected chi connectivity index (χ3v) is 7.80. The number of piperidine rings is 1. The fourth-order valence-electron chi connectivity index (χ4n) is 4.98. The SMILES string of the molecule is CCCC1=Nc2cc(C(=O)NCCCN3CCCCC3CCC)ccc2Sc2ccccc21. The van der Waals surface area contributed by atoms with Crippen LogP contribution in [0.1, 0.15) is 81.1 Å². The van der Waals surface area contributed by atoms with Crippen LogP contribution in [0.5, 0.6) is 0 Å². The highest BCUT2D eigenvalue weighted by atomic mass is 32.2. The maximum absolute atomic E-state index is 12.9. The smallest absolute Gasteiger partial charge is 0.251 e. The monoisotopic (exact) mass is 463 g/mol. The molecule has 4 rings (SSSR count). The van der Waals surface area contributed by atoms with Crippen molar-refractivity contribution in [2.24, 2.45) is 4.99 Å². The zero-order valence-corrected chi connectivity index (χ0v) is 20.9. The van der Waals surface area contributed by atoms with Crippen LogP contribution < -0.4 is 5.32 Å². The van der Waals surface area contributed by atoms with E-state index in [1.807, 2.05) is 18.2 Å². The van der Waals surface area contributed by atoms with Crippen LogP contribution in [0.25, 0.3) is 0 Å². The quantitative estimate of drug-likeness (QED) is 0.414. The van der Waals surface area contributed by atoms with E-state index in [1.54, 1.807) is 11.8 Å². The Hall–Kier alpha value is -2.11. The van der Waals surface area contributed by atoms with Gasteiger partial charge in [0.15, 0.2) is 0 Å². The molecule has 1 N–H and O–H groups in total. The molecule has 1 amide bonds. The second-order valence-corrected chi connectivity index (χ2v) is 10.3. The summed E-state index contributed by atoms with van der Waals surface area (Å²) in [5, 5.41) is 3.14. The number of nitrogens with one attached hydrogen (secondary N) is 1. The Bertz CT molecular complexity index is 985. The highest BCUT2D eigenvalue weighted by Gasteiger charge is 2.21. The first-order chi connectivity index (χ1) is 16.2. The van der Waals surface area contributed by atoms with Crippen LogP contribution in [0, 0.1) is 0 Å². The minimum Gasteiger partial charge on any atom is -0.352 e. The zero-order valence-electron chi connectivity index (χ0n) is 20.1. The largest absolute Gasteiger partial charge is 0.352 e. The molecule has 2 aliphatic heterocycles. The summed E-state index contributed by atoms with van der Waals surface area (Å²) < 4.78 is 0. The first-order valence-electron chi connectivity index (χ1n) is 12.7. The van der Waals surface area contributed by atoms with E-state index >= 15 is 0 Å². The molecule has 1 fully saturated rings. The van der Waals surface area contributed by atoms with E-state index in [9.17, 15) is 4.79 Å². The summed E-state index contributed by atoms with van der Waals surface area (Å²) in [6.07, 6.45) is 9.53. The third kappa shape index (κ3) is 6.07. The van der Waals surface area contributed by atoms with E-state index in [1.165, 1.54) is 49.1 Å². The van der Waals surface area contributed by atoms with Crippen LogP contribution in [0.15, 0.2) is 57.2 Å². The standard InChI is InChI=1S/C28H37N3OS/c1-3-10-22-12-7-8-18-31(22)19-9-17-29-28(32)21-15-16-27-25(20-21)30-24(11-4-2)23-13-5-6-14-26(23)33-27/h5-6,13-16,20,22H,3-4,7-12,17-19H2,1-2H3,(H,29,32). The van der Waals surface area contributed by atoms with Crippen molar-refractivity contribution in [3.63, 3.8) is 0 Å². The Kier molecular flexibility index (Phi) is 8.63. The predicted molar refractivity (Wildman–Crippen MR) is 139 cm³/mol. The average molecular weight is 464 g/mol. The van der Waals surface area contributed by atoms with Crippen molar-refractivity contribution in [1.82, 2.24) is 10.2 Å². The summed E-state index contributed by atoms with van der Waals surface area (Å²) in [5.74, 6) is 0.000514. The molecule has 0 radical (unpaired) electrons. The van der Waals surface area contributed by atoms with Crippen molar-refractivity contribution in [1.29, 1.82) is 0 Å². The van der Waals surface area contributed by atoms with Gasteiger partial charge in [-0.2, -0.15) is 0 Å². The fourth-order valence-corrected chi connectivity index (χ4v) is 6.00. The first kappa shape index (κ1) is 24.0. The van der Waals surface area contributed by atoms with Crippen LogP contribution in [0.3, 0.4) is 0 Å². The van der Waals surface area contributed by atoms with Gasteiger partial charge in [0.2, 0.25) is 0 Å². The number of hydrogen-bond donors (Lipinski definition) is 1. The van der Waals surface area contributed by atoms with Gasteiger partial charge in [-0.05, 0) is 62.9 Å². The van der Waals surface area contributed by atoms with Gasteiger partial charge in [0.05, 0.1) is 5.69 Å². The minimum absolute atomic E-state index is 0.000514. The summed E-state index contributed by atoms with van der Waals surface area (Å²) in [4.78, 5) is 22.9. The van der Waals surface area contributed by atoms with Gasteiger partial charge in [0.1, 0.15) is 0 Å². The van der Waals surface area contributed by atoms with Crippen molar-refractivity contribution in [3.05, 3.63) is 53.6 Å². The maximum atomic E-state index is 12.9. The van der Waals surface area contributed by atoms with Crippen molar-refractivity contribution >= 4 is 29.1 Å². The number of carbonyl (C=O) groups is 1. The molecule has 0 aromatic heterocycles. The molecule has 2 aromatic carbocycles. The predicted octanol–water partition coefficient (Wildman–Crippen LogP) is 6.85. The van der Waals surface area contributed by atoms with Crippen molar-refractivity contribution in [2.75, 3.05) is 19.6 Å². The highest BCUT2D eigenvalue weighted by Crippen LogP contribution is 2.41. The number of hydrogen-bond acceptors (Lipinski definition) is 4.